The molecule has 0 heterocycles. The molecule has 92 valence electrons. The van der Waals surface area contributed by atoms with Gasteiger partial charge in [0.15, 0.2) is 0 Å². The van der Waals surface area contributed by atoms with E-state index in [0.29, 0.717) is 22.3 Å². The van der Waals surface area contributed by atoms with Gasteiger partial charge in [-0.05, 0) is 24.6 Å². The lowest BCUT2D eigenvalue weighted by molar-refractivity contribution is -0.136. The van der Waals surface area contributed by atoms with E-state index >= 15 is 0 Å². The molecule has 2 N–H and O–H groups in total. The van der Waals surface area contributed by atoms with E-state index in [1.807, 2.05) is 6.92 Å². The number of anilines is 1. The van der Waals surface area contributed by atoms with Gasteiger partial charge in [0.25, 0.3) is 0 Å². The van der Waals surface area contributed by atoms with E-state index in [1.54, 1.807) is 0 Å². The first-order chi connectivity index (χ1) is 8.02. The number of halogens is 2. The lowest BCUT2D eigenvalue weighted by Gasteiger charge is -2.06. The van der Waals surface area contributed by atoms with Gasteiger partial charge in [0.05, 0.1) is 0 Å². The topological polar surface area (TPSA) is 58.2 Å². The Kier molecular flexibility index (Phi) is 5.25. The number of amides is 2. The summed E-state index contributed by atoms with van der Waals surface area (Å²) >= 11 is 11.5. The number of nitrogens with one attached hydrogen (secondary N) is 2. The molecule has 0 radical (unpaired) electrons. The number of carbonyl (C=O) groups excluding carboxylic acids is 2. The maximum atomic E-state index is 11.4. The lowest BCUT2D eigenvalue weighted by atomic mass is 10.3. The third-order valence-electron chi connectivity index (χ3n) is 1.86. The predicted octanol–water partition coefficient (Wildman–Crippen LogP) is 2.46. The normalized spacial score (nSPS) is 9.82. The fourth-order valence-electron chi connectivity index (χ4n) is 1.13. The van der Waals surface area contributed by atoms with E-state index in [1.165, 1.54) is 18.2 Å². The van der Waals surface area contributed by atoms with Crippen LogP contribution in [0.2, 0.25) is 10.0 Å². The molecule has 1 rings (SSSR count). The summed E-state index contributed by atoms with van der Waals surface area (Å²) in [7, 11) is 0. The second-order valence-electron chi connectivity index (χ2n) is 3.37. The molecule has 0 saturated carbocycles. The Hall–Kier alpha value is -1.26. The number of hydrogen-bond donors (Lipinski definition) is 2. The Bertz CT molecular complexity index is 415. The van der Waals surface area contributed by atoms with Gasteiger partial charge >= 0.3 is 11.8 Å². The summed E-state index contributed by atoms with van der Waals surface area (Å²) in [4.78, 5) is 22.7. The van der Waals surface area contributed by atoms with E-state index in [-0.39, 0.29) is 0 Å². The highest BCUT2D eigenvalue weighted by molar-refractivity contribution is 6.40. The van der Waals surface area contributed by atoms with Gasteiger partial charge < -0.3 is 10.6 Å². The third-order valence-corrected chi connectivity index (χ3v) is 2.30. The average Bonchev–Trinajstić information content (AvgIpc) is 2.24. The van der Waals surface area contributed by atoms with Crippen LogP contribution in [0.15, 0.2) is 18.2 Å². The highest BCUT2D eigenvalue weighted by Crippen LogP contribution is 2.22. The summed E-state index contributed by atoms with van der Waals surface area (Å²) in [6, 6.07) is 4.56. The van der Waals surface area contributed by atoms with Crippen molar-refractivity contribution in [2.75, 3.05) is 11.9 Å². The molecule has 0 saturated heterocycles. The van der Waals surface area contributed by atoms with Crippen LogP contribution in [-0.2, 0) is 9.59 Å². The Morgan fingerprint density at radius 3 is 2.24 bits per heavy atom. The van der Waals surface area contributed by atoms with Crippen LogP contribution in [0.4, 0.5) is 5.69 Å². The van der Waals surface area contributed by atoms with Gasteiger partial charge in [-0.3, -0.25) is 9.59 Å². The second-order valence-corrected chi connectivity index (χ2v) is 4.24. The Morgan fingerprint density at radius 1 is 1.12 bits per heavy atom. The average molecular weight is 275 g/mol. The number of rotatable bonds is 3. The molecule has 0 fully saturated rings. The molecule has 0 spiro atoms. The maximum absolute atomic E-state index is 11.4. The quantitative estimate of drug-likeness (QED) is 0.832. The van der Waals surface area contributed by atoms with Crippen LogP contribution in [0.25, 0.3) is 0 Å². The molecule has 0 aromatic heterocycles. The van der Waals surface area contributed by atoms with Crippen molar-refractivity contribution in [3.8, 4) is 0 Å². The van der Waals surface area contributed by atoms with Gasteiger partial charge in [0, 0.05) is 22.3 Å². The molecule has 17 heavy (non-hydrogen) atoms. The first kappa shape index (κ1) is 13.8. The van der Waals surface area contributed by atoms with E-state index in [4.69, 9.17) is 23.2 Å². The van der Waals surface area contributed by atoms with Crippen molar-refractivity contribution in [1.82, 2.24) is 5.32 Å². The third kappa shape index (κ3) is 4.63. The Morgan fingerprint density at radius 2 is 1.71 bits per heavy atom. The number of benzene rings is 1. The van der Waals surface area contributed by atoms with Crippen LogP contribution >= 0.6 is 23.2 Å². The van der Waals surface area contributed by atoms with Crippen LogP contribution in [0.3, 0.4) is 0 Å². The SMILES string of the molecule is CCCNC(=O)C(=O)Nc1cc(Cl)cc(Cl)c1. The highest BCUT2D eigenvalue weighted by Gasteiger charge is 2.13. The zero-order chi connectivity index (χ0) is 12.8. The van der Waals surface area contributed by atoms with Crippen molar-refractivity contribution >= 4 is 40.7 Å². The zero-order valence-electron chi connectivity index (χ0n) is 9.22. The minimum absolute atomic E-state index is 0.388. The van der Waals surface area contributed by atoms with E-state index in [9.17, 15) is 9.59 Å². The monoisotopic (exact) mass is 274 g/mol. The predicted molar refractivity (Wildman–Crippen MR) is 68.4 cm³/mol. The van der Waals surface area contributed by atoms with Crippen LogP contribution in [0.5, 0.6) is 0 Å². The highest BCUT2D eigenvalue weighted by atomic mass is 35.5. The van der Waals surface area contributed by atoms with Crippen molar-refractivity contribution in [2.24, 2.45) is 0 Å². The molecule has 0 atom stereocenters. The molecule has 0 aliphatic heterocycles. The molecule has 4 nitrogen and oxygen atoms in total. The molecule has 0 aliphatic carbocycles. The van der Waals surface area contributed by atoms with E-state index < -0.39 is 11.8 Å². The van der Waals surface area contributed by atoms with Gasteiger partial charge in [0.1, 0.15) is 0 Å². The first-order valence-electron chi connectivity index (χ1n) is 5.08. The molecule has 1 aromatic carbocycles. The zero-order valence-corrected chi connectivity index (χ0v) is 10.7. The maximum Gasteiger partial charge on any atom is 0.313 e. The standard InChI is InChI=1S/C11H12Cl2N2O2/c1-2-3-14-10(16)11(17)15-9-5-7(12)4-8(13)6-9/h4-6H,2-3H2,1H3,(H,14,16)(H,15,17). The van der Waals surface area contributed by atoms with Crippen molar-refractivity contribution in [1.29, 1.82) is 0 Å². The molecule has 2 amide bonds. The number of hydrogen-bond acceptors (Lipinski definition) is 2. The summed E-state index contributed by atoms with van der Waals surface area (Å²) in [5, 5.41) is 5.66. The molecular weight excluding hydrogens is 263 g/mol. The second kappa shape index (κ2) is 6.47. The molecule has 0 unspecified atom stereocenters. The van der Waals surface area contributed by atoms with Gasteiger partial charge in [-0.25, -0.2) is 0 Å². The fourth-order valence-corrected chi connectivity index (χ4v) is 1.66. The van der Waals surface area contributed by atoms with Crippen molar-refractivity contribution in [2.45, 2.75) is 13.3 Å². The molecule has 6 heteroatoms. The van der Waals surface area contributed by atoms with Crippen LogP contribution in [-0.4, -0.2) is 18.4 Å². The minimum Gasteiger partial charge on any atom is -0.348 e. The largest absolute Gasteiger partial charge is 0.348 e. The molecule has 0 bridgehead atoms. The Labute approximate surface area is 109 Å². The Balaban J connectivity index is 2.64. The summed E-state index contributed by atoms with van der Waals surface area (Å²) < 4.78 is 0. The number of carbonyl (C=O) groups is 2. The van der Waals surface area contributed by atoms with Gasteiger partial charge in [0.2, 0.25) is 0 Å². The van der Waals surface area contributed by atoms with Crippen LogP contribution < -0.4 is 10.6 Å². The van der Waals surface area contributed by atoms with Crippen molar-refractivity contribution < 1.29 is 9.59 Å². The van der Waals surface area contributed by atoms with Crippen molar-refractivity contribution in [3.63, 3.8) is 0 Å². The van der Waals surface area contributed by atoms with Crippen LogP contribution in [0, 0.1) is 0 Å². The first-order valence-corrected chi connectivity index (χ1v) is 5.83. The minimum atomic E-state index is -0.739. The lowest BCUT2D eigenvalue weighted by Crippen LogP contribution is -2.35. The van der Waals surface area contributed by atoms with E-state index in [2.05, 4.69) is 10.6 Å². The van der Waals surface area contributed by atoms with Crippen LogP contribution in [0.1, 0.15) is 13.3 Å². The molecule has 1 aromatic rings. The summed E-state index contributed by atoms with van der Waals surface area (Å²) in [5.74, 6) is -1.42. The van der Waals surface area contributed by atoms with Crippen molar-refractivity contribution in [3.05, 3.63) is 28.2 Å². The summed E-state index contributed by atoms with van der Waals surface area (Å²) in [6.45, 7) is 2.36. The molecule has 0 aliphatic rings. The fraction of sp³-hybridized carbons (Fsp3) is 0.273. The van der Waals surface area contributed by atoms with Gasteiger partial charge in [-0.1, -0.05) is 30.1 Å². The summed E-state index contributed by atoms with van der Waals surface area (Å²) in [6.07, 6.45) is 0.766. The van der Waals surface area contributed by atoms with E-state index in [0.717, 1.165) is 6.42 Å². The van der Waals surface area contributed by atoms with Gasteiger partial charge in [-0.15, -0.1) is 0 Å². The molecular formula is C11H12Cl2N2O2. The smallest absolute Gasteiger partial charge is 0.313 e. The summed E-state index contributed by atoms with van der Waals surface area (Å²) in [5.41, 5.74) is 0.388. The van der Waals surface area contributed by atoms with Gasteiger partial charge in [-0.2, -0.15) is 0 Å².